The summed E-state index contributed by atoms with van der Waals surface area (Å²) in [6, 6.07) is 6.83. The summed E-state index contributed by atoms with van der Waals surface area (Å²) in [5.74, 6) is -1.01. The molecule has 0 atom stereocenters. The quantitative estimate of drug-likeness (QED) is 0.823. The van der Waals surface area contributed by atoms with Gasteiger partial charge in [-0.15, -0.1) is 0 Å². The van der Waals surface area contributed by atoms with Gasteiger partial charge >= 0.3 is 12.0 Å². The first-order chi connectivity index (χ1) is 9.65. The van der Waals surface area contributed by atoms with Crippen LogP contribution in [-0.4, -0.2) is 48.3 Å². The minimum atomic E-state index is -1.01. The third-order valence-electron chi connectivity index (χ3n) is 2.85. The molecule has 0 unspecified atom stereocenters. The molecular weight excluding hydrogens is 260 g/mol. The van der Waals surface area contributed by atoms with E-state index >= 15 is 0 Å². The van der Waals surface area contributed by atoms with E-state index in [2.05, 4.69) is 5.32 Å². The first-order valence-corrected chi connectivity index (χ1v) is 6.30. The van der Waals surface area contributed by atoms with Crippen LogP contribution in [-0.2, 0) is 9.53 Å². The SMILES string of the molecule is O=C(O)/C=C/c1cccc(NC(=O)N2CCOCC2)c1. The summed E-state index contributed by atoms with van der Waals surface area (Å²) in [7, 11) is 0. The predicted octanol–water partition coefficient (Wildman–Crippen LogP) is 1.65. The van der Waals surface area contributed by atoms with Crippen molar-refractivity contribution in [3.63, 3.8) is 0 Å². The van der Waals surface area contributed by atoms with Gasteiger partial charge in [-0.2, -0.15) is 0 Å². The molecule has 6 heteroatoms. The lowest BCUT2D eigenvalue weighted by atomic mass is 10.2. The van der Waals surface area contributed by atoms with Crippen LogP contribution < -0.4 is 5.32 Å². The molecule has 0 radical (unpaired) electrons. The first kappa shape index (κ1) is 14.1. The van der Waals surface area contributed by atoms with Gasteiger partial charge in [0.25, 0.3) is 0 Å². The number of carboxylic acids is 1. The van der Waals surface area contributed by atoms with Gasteiger partial charge in [0.2, 0.25) is 0 Å². The lowest BCUT2D eigenvalue weighted by molar-refractivity contribution is -0.131. The van der Waals surface area contributed by atoms with Crippen molar-refractivity contribution < 1.29 is 19.4 Å². The minimum Gasteiger partial charge on any atom is -0.478 e. The highest BCUT2D eigenvalue weighted by molar-refractivity contribution is 5.90. The van der Waals surface area contributed by atoms with Crippen molar-refractivity contribution >= 4 is 23.8 Å². The van der Waals surface area contributed by atoms with Gasteiger partial charge in [-0.3, -0.25) is 0 Å². The Bertz CT molecular complexity index is 522. The third kappa shape index (κ3) is 4.10. The zero-order chi connectivity index (χ0) is 14.4. The number of hydrogen-bond acceptors (Lipinski definition) is 3. The molecule has 2 rings (SSSR count). The molecule has 0 aromatic heterocycles. The largest absolute Gasteiger partial charge is 0.478 e. The van der Waals surface area contributed by atoms with Crippen molar-refractivity contribution in [3.8, 4) is 0 Å². The van der Waals surface area contributed by atoms with E-state index in [1.807, 2.05) is 0 Å². The molecule has 1 heterocycles. The van der Waals surface area contributed by atoms with Crippen LogP contribution in [0.25, 0.3) is 6.08 Å². The van der Waals surface area contributed by atoms with Crippen LogP contribution >= 0.6 is 0 Å². The summed E-state index contributed by atoms with van der Waals surface area (Å²) in [5.41, 5.74) is 1.35. The summed E-state index contributed by atoms with van der Waals surface area (Å²) in [5, 5.41) is 11.4. The van der Waals surface area contributed by atoms with E-state index < -0.39 is 5.97 Å². The van der Waals surface area contributed by atoms with Crippen LogP contribution in [0.2, 0.25) is 0 Å². The minimum absolute atomic E-state index is 0.173. The molecule has 106 valence electrons. The van der Waals surface area contributed by atoms with Crippen LogP contribution in [0.1, 0.15) is 5.56 Å². The number of carbonyl (C=O) groups excluding carboxylic acids is 1. The Morgan fingerprint density at radius 2 is 2.05 bits per heavy atom. The molecule has 0 bridgehead atoms. The number of morpholine rings is 1. The van der Waals surface area contributed by atoms with E-state index in [-0.39, 0.29) is 6.03 Å². The Hall–Kier alpha value is -2.34. The number of benzene rings is 1. The normalized spacial score (nSPS) is 15.3. The highest BCUT2D eigenvalue weighted by atomic mass is 16.5. The van der Waals surface area contributed by atoms with E-state index in [1.54, 1.807) is 29.2 Å². The fourth-order valence-corrected chi connectivity index (χ4v) is 1.86. The molecule has 1 fully saturated rings. The average Bonchev–Trinajstić information content (AvgIpc) is 2.46. The summed E-state index contributed by atoms with van der Waals surface area (Å²) in [6.45, 7) is 2.25. The second-order valence-electron chi connectivity index (χ2n) is 4.33. The van der Waals surface area contributed by atoms with Gasteiger partial charge in [-0.25, -0.2) is 9.59 Å². The van der Waals surface area contributed by atoms with Crippen molar-refractivity contribution in [3.05, 3.63) is 35.9 Å². The zero-order valence-corrected chi connectivity index (χ0v) is 10.9. The molecule has 1 aliphatic rings. The first-order valence-electron chi connectivity index (χ1n) is 6.30. The number of anilines is 1. The Morgan fingerprint density at radius 1 is 1.30 bits per heavy atom. The van der Waals surface area contributed by atoms with Crippen LogP contribution in [0.4, 0.5) is 10.5 Å². The number of hydrogen-bond donors (Lipinski definition) is 2. The van der Waals surface area contributed by atoms with Crippen LogP contribution in [0.5, 0.6) is 0 Å². The number of rotatable bonds is 3. The molecule has 2 N–H and O–H groups in total. The Morgan fingerprint density at radius 3 is 2.75 bits per heavy atom. The van der Waals surface area contributed by atoms with Crippen LogP contribution in [0, 0.1) is 0 Å². The molecule has 1 aliphatic heterocycles. The Kier molecular flexibility index (Phi) is 4.73. The number of urea groups is 1. The predicted molar refractivity (Wildman–Crippen MR) is 74.5 cm³/mol. The number of amides is 2. The molecule has 1 aromatic carbocycles. The van der Waals surface area contributed by atoms with Gasteiger partial charge < -0.3 is 20.1 Å². The van der Waals surface area contributed by atoms with Gasteiger partial charge in [0.1, 0.15) is 0 Å². The second kappa shape index (κ2) is 6.72. The van der Waals surface area contributed by atoms with Crippen LogP contribution in [0.15, 0.2) is 30.3 Å². The summed E-state index contributed by atoms with van der Waals surface area (Å²) in [6.07, 6.45) is 2.54. The number of nitrogens with one attached hydrogen (secondary N) is 1. The molecule has 2 amide bonds. The average molecular weight is 276 g/mol. The molecule has 1 saturated heterocycles. The maximum Gasteiger partial charge on any atom is 0.328 e. The smallest absolute Gasteiger partial charge is 0.328 e. The van der Waals surface area contributed by atoms with Crippen molar-refractivity contribution in [2.75, 3.05) is 31.6 Å². The number of carboxylic acid groups (broad SMARTS) is 1. The third-order valence-corrected chi connectivity index (χ3v) is 2.85. The number of aliphatic carboxylic acids is 1. The number of ether oxygens (including phenoxy) is 1. The van der Waals surface area contributed by atoms with Crippen molar-refractivity contribution in [1.29, 1.82) is 0 Å². The second-order valence-corrected chi connectivity index (χ2v) is 4.33. The molecule has 0 spiro atoms. The maximum absolute atomic E-state index is 12.0. The maximum atomic E-state index is 12.0. The van der Waals surface area contributed by atoms with Gasteiger partial charge in [0, 0.05) is 24.9 Å². The fraction of sp³-hybridized carbons (Fsp3) is 0.286. The van der Waals surface area contributed by atoms with Gasteiger partial charge in [-0.1, -0.05) is 12.1 Å². The molecule has 6 nitrogen and oxygen atoms in total. The lowest BCUT2D eigenvalue weighted by Crippen LogP contribution is -2.43. The highest BCUT2D eigenvalue weighted by Crippen LogP contribution is 2.13. The number of carbonyl (C=O) groups is 2. The zero-order valence-electron chi connectivity index (χ0n) is 10.9. The lowest BCUT2D eigenvalue weighted by Gasteiger charge is -2.26. The molecule has 1 aromatic rings. The van der Waals surface area contributed by atoms with Gasteiger partial charge in [-0.05, 0) is 23.8 Å². The van der Waals surface area contributed by atoms with E-state index in [0.717, 1.165) is 6.08 Å². The monoisotopic (exact) mass is 276 g/mol. The fourth-order valence-electron chi connectivity index (χ4n) is 1.86. The van der Waals surface area contributed by atoms with E-state index in [9.17, 15) is 9.59 Å². The molecular formula is C14H16N2O4. The molecule has 0 aliphatic carbocycles. The Balaban J connectivity index is 2.00. The molecule has 0 saturated carbocycles. The standard InChI is InChI=1S/C14H16N2O4/c17-13(18)5-4-11-2-1-3-12(10-11)15-14(19)16-6-8-20-9-7-16/h1-5,10H,6-9H2,(H,15,19)(H,17,18)/b5-4+. The van der Waals surface area contributed by atoms with Crippen molar-refractivity contribution in [2.24, 2.45) is 0 Å². The Labute approximate surface area is 116 Å². The van der Waals surface area contributed by atoms with E-state index in [0.29, 0.717) is 37.6 Å². The van der Waals surface area contributed by atoms with E-state index in [1.165, 1.54) is 6.08 Å². The summed E-state index contributed by atoms with van der Waals surface area (Å²) in [4.78, 5) is 24.1. The summed E-state index contributed by atoms with van der Waals surface area (Å²) < 4.78 is 5.19. The van der Waals surface area contributed by atoms with Gasteiger partial charge in [0.05, 0.1) is 13.2 Å². The summed E-state index contributed by atoms with van der Waals surface area (Å²) >= 11 is 0. The molecule has 20 heavy (non-hydrogen) atoms. The van der Waals surface area contributed by atoms with Crippen molar-refractivity contribution in [2.45, 2.75) is 0 Å². The van der Waals surface area contributed by atoms with Crippen molar-refractivity contribution in [1.82, 2.24) is 4.90 Å². The topological polar surface area (TPSA) is 78.9 Å². The van der Waals surface area contributed by atoms with Gasteiger partial charge in [0.15, 0.2) is 0 Å². The number of nitrogens with zero attached hydrogens (tertiary/aromatic N) is 1. The van der Waals surface area contributed by atoms with E-state index in [4.69, 9.17) is 9.84 Å². The van der Waals surface area contributed by atoms with Crippen LogP contribution in [0.3, 0.4) is 0 Å². The highest BCUT2D eigenvalue weighted by Gasteiger charge is 2.16.